The molecule has 0 heterocycles. The van der Waals surface area contributed by atoms with Crippen molar-refractivity contribution in [3.63, 3.8) is 0 Å². The van der Waals surface area contributed by atoms with Crippen LogP contribution in [-0.4, -0.2) is 24.5 Å². The highest BCUT2D eigenvalue weighted by atomic mass is 35.5. The van der Waals surface area contributed by atoms with Crippen LogP contribution in [0.5, 0.6) is 0 Å². The Morgan fingerprint density at radius 3 is 1.71 bits per heavy atom. The van der Waals surface area contributed by atoms with Gasteiger partial charge in [-0.05, 0) is 32.4 Å². The largest absolute Gasteiger partial charge is 0.300 e. The highest BCUT2D eigenvalue weighted by Gasteiger charge is 2.01. The molecule has 0 spiro atoms. The Labute approximate surface area is 115 Å². The number of halogens is 1. The summed E-state index contributed by atoms with van der Waals surface area (Å²) in [6.45, 7) is 10.5. The zero-order chi connectivity index (χ0) is 12.1. The molecule has 0 amide bonds. The van der Waals surface area contributed by atoms with Crippen LogP contribution in [0, 0.1) is 0 Å². The van der Waals surface area contributed by atoms with Crippen LogP contribution in [0.2, 0.25) is 0 Å². The SMILES string of the molecule is CCC=CCN(CCCCC)CCCCC.Cl. The highest BCUT2D eigenvalue weighted by molar-refractivity contribution is 5.85. The number of unbranched alkanes of at least 4 members (excludes halogenated alkanes) is 4. The Balaban J connectivity index is 0. The molecule has 0 radical (unpaired) electrons. The summed E-state index contributed by atoms with van der Waals surface area (Å²) in [5, 5.41) is 0. The van der Waals surface area contributed by atoms with Gasteiger partial charge in [0.2, 0.25) is 0 Å². The summed E-state index contributed by atoms with van der Waals surface area (Å²) in [5.74, 6) is 0. The Kier molecular flexibility index (Phi) is 18.2. The minimum Gasteiger partial charge on any atom is -0.300 e. The Morgan fingerprint density at radius 1 is 0.765 bits per heavy atom. The van der Waals surface area contributed by atoms with E-state index >= 15 is 0 Å². The van der Waals surface area contributed by atoms with Crippen LogP contribution in [0.25, 0.3) is 0 Å². The maximum atomic E-state index is 2.61. The van der Waals surface area contributed by atoms with Crippen LogP contribution in [0.3, 0.4) is 0 Å². The summed E-state index contributed by atoms with van der Waals surface area (Å²) in [5.41, 5.74) is 0. The van der Waals surface area contributed by atoms with E-state index < -0.39 is 0 Å². The summed E-state index contributed by atoms with van der Waals surface area (Å²) >= 11 is 0. The van der Waals surface area contributed by atoms with Gasteiger partial charge in [0.25, 0.3) is 0 Å². The van der Waals surface area contributed by atoms with Gasteiger partial charge < -0.3 is 0 Å². The molecule has 0 bridgehead atoms. The average Bonchev–Trinajstić information content (AvgIpc) is 2.29. The molecular weight excluding hydrogens is 230 g/mol. The summed E-state index contributed by atoms with van der Waals surface area (Å²) in [6, 6.07) is 0. The van der Waals surface area contributed by atoms with Gasteiger partial charge in [0.05, 0.1) is 0 Å². The molecule has 2 heteroatoms. The van der Waals surface area contributed by atoms with Gasteiger partial charge in [-0.3, -0.25) is 4.90 Å². The van der Waals surface area contributed by atoms with Gasteiger partial charge in [0, 0.05) is 6.54 Å². The third kappa shape index (κ3) is 13.9. The van der Waals surface area contributed by atoms with Crippen molar-refractivity contribution >= 4 is 12.4 Å². The van der Waals surface area contributed by atoms with E-state index in [4.69, 9.17) is 0 Å². The lowest BCUT2D eigenvalue weighted by Crippen LogP contribution is -2.26. The minimum atomic E-state index is 0. The molecule has 0 saturated carbocycles. The number of rotatable bonds is 11. The second-order valence-corrected chi connectivity index (χ2v) is 4.59. The summed E-state index contributed by atoms with van der Waals surface area (Å²) in [7, 11) is 0. The molecule has 0 aliphatic rings. The molecule has 0 rings (SSSR count). The molecule has 0 unspecified atom stereocenters. The zero-order valence-electron chi connectivity index (χ0n) is 12.1. The third-order valence-electron chi connectivity index (χ3n) is 2.92. The molecule has 0 atom stereocenters. The van der Waals surface area contributed by atoms with Crippen LogP contribution >= 0.6 is 12.4 Å². The number of allylic oxidation sites excluding steroid dienone is 1. The Morgan fingerprint density at radius 2 is 1.29 bits per heavy atom. The van der Waals surface area contributed by atoms with Crippen molar-refractivity contribution in [3.05, 3.63) is 12.2 Å². The number of hydrogen-bond acceptors (Lipinski definition) is 1. The van der Waals surface area contributed by atoms with Gasteiger partial charge in [-0.15, -0.1) is 12.4 Å². The number of nitrogens with zero attached hydrogens (tertiary/aromatic N) is 1. The van der Waals surface area contributed by atoms with Crippen molar-refractivity contribution in [1.82, 2.24) is 4.90 Å². The topological polar surface area (TPSA) is 3.24 Å². The zero-order valence-corrected chi connectivity index (χ0v) is 12.9. The Bertz CT molecular complexity index is 147. The maximum absolute atomic E-state index is 2.61. The van der Waals surface area contributed by atoms with Crippen molar-refractivity contribution < 1.29 is 0 Å². The Hall–Kier alpha value is -0.0100. The second-order valence-electron chi connectivity index (χ2n) is 4.59. The van der Waals surface area contributed by atoms with E-state index in [0.29, 0.717) is 0 Å². The molecule has 17 heavy (non-hydrogen) atoms. The van der Waals surface area contributed by atoms with Gasteiger partial charge >= 0.3 is 0 Å². The van der Waals surface area contributed by atoms with E-state index in [0.717, 1.165) is 13.0 Å². The minimum absolute atomic E-state index is 0. The predicted molar refractivity (Wildman–Crippen MR) is 82.2 cm³/mol. The summed E-state index contributed by atoms with van der Waals surface area (Å²) < 4.78 is 0. The molecule has 0 aromatic heterocycles. The van der Waals surface area contributed by atoms with Gasteiger partial charge in [-0.25, -0.2) is 0 Å². The first-order valence-electron chi connectivity index (χ1n) is 7.22. The van der Waals surface area contributed by atoms with Gasteiger partial charge in [-0.2, -0.15) is 0 Å². The van der Waals surface area contributed by atoms with E-state index in [1.807, 2.05) is 0 Å². The fourth-order valence-corrected chi connectivity index (χ4v) is 1.86. The first-order valence-corrected chi connectivity index (χ1v) is 7.22. The first kappa shape index (κ1) is 19.3. The van der Waals surface area contributed by atoms with Crippen molar-refractivity contribution in [2.75, 3.05) is 19.6 Å². The van der Waals surface area contributed by atoms with Crippen LogP contribution in [0.15, 0.2) is 12.2 Å². The maximum Gasteiger partial charge on any atom is 0.0163 e. The van der Waals surface area contributed by atoms with E-state index in [9.17, 15) is 0 Å². The van der Waals surface area contributed by atoms with Crippen molar-refractivity contribution in [2.24, 2.45) is 0 Å². The molecule has 0 aliphatic carbocycles. The molecule has 1 nitrogen and oxygen atoms in total. The second kappa shape index (κ2) is 16.0. The van der Waals surface area contributed by atoms with Crippen LogP contribution in [0.4, 0.5) is 0 Å². The fraction of sp³-hybridized carbons (Fsp3) is 0.867. The molecule has 0 fully saturated rings. The quantitative estimate of drug-likeness (QED) is 0.371. The molecule has 0 aliphatic heterocycles. The smallest absolute Gasteiger partial charge is 0.0163 e. The molecule has 104 valence electrons. The molecule has 0 saturated heterocycles. The van der Waals surface area contributed by atoms with Crippen LogP contribution in [-0.2, 0) is 0 Å². The third-order valence-corrected chi connectivity index (χ3v) is 2.92. The van der Waals surface area contributed by atoms with Gasteiger partial charge in [0.15, 0.2) is 0 Å². The van der Waals surface area contributed by atoms with Crippen LogP contribution in [0.1, 0.15) is 65.7 Å². The van der Waals surface area contributed by atoms with Crippen molar-refractivity contribution in [1.29, 1.82) is 0 Å². The van der Waals surface area contributed by atoms with Gasteiger partial charge in [-0.1, -0.05) is 58.6 Å². The first-order chi connectivity index (χ1) is 7.85. The fourth-order valence-electron chi connectivity index (χ4n) is 1.86. The van der Waals surface area contributed by atoms with E-state index in [-0.39, 0.29) is 12.4 Å². The molecule has 0 aromatic carbocycles. The standard InChI is InChI=1S/C15H31N.ClH/c1-4-7-10-13-16(14-11-8-5-2)15-12-9-6-3;/h7,10H,4-6,8-9,11-15H2,1-3H3;1H. The monoisotopic (exact) mass is 261 g/mol. The van der Waals surface area contributed by atoms with E-state index in [1.165, 1.54) is 51.6 Å². The lowest BCUT2D eigenvalue weighted by molar-refractivity contribution is 0.288. The summed E-state index contributed by atoms with van der Waals surface area (Å²) in [6.07, 6.45) is 13.9. The molecule has 0 aromatic rings. The lowest BCUT2D eigenvalue weighted by Gasteiger charge is -2.20. The predicted octanol–water partition coefficient (Wildman–Crippen LogP) is 5.06. The average molecular weight is 262 g/mol. The van der Waals surface area contributed by atoms with E-state index in [1.54, 1.807) is 0 Å². The lowest BCUT2D eigenvalue weighted by atomic mass is 10.2. The molecular formula is C15H32ClN. The summed E-state index contributed by atoms with van der Waals surface area (Å²) in [4.78, 5) is 2.61. The van der Waals surface area contributed by atoms with Crippen molar-refractivity contribution in [2.45, 2.75) is 65.7 Å². The highest BCUT2D eigenvalue weighted by Crippen LogP contribution is 2.03. The van der Waals surface area contributed by atoms with Crippen LogP contribution < -0.4 is 0 Å². The number of hydrogen-bond donors (Lipinski definition) is 0. The van der Waals surface area contributed by atoms with E-state index in [2.05, 4.69) is 37.8 Å². The molecule has 0 N–H and O–H groups in total. The van der Waals surface area contributed by atoms with Gasteiger partial charge in [0.1, 0.15) is 0 Å². The van der Waals surface area contributed by atoms with Crippen molar-refractivity contribution in [3.8, 4) is 0 Å². The normalized spacial score (nSPS) is 11.1.